The topological polar surface area (TPSA) is 84.0 Å². The summed E-state index contributed by atoms with van der Waals surface area (Å²) >= 11 is 12.0. The van der Waals surface area contributed by atoms with Crippen LogP contribution < -0.4 is 10.0 Å². The first-order chi connectivity index (χ1) is 9.94. The molecule has 0 fully saturated rings. The maximum Gasteiger partial charge on any atom is 0.265 e. The summed E-state index contributed by atoms with van der Waals surface area (Å²) in [5, 5.41) is 3.33. The van der Waals surface area contributed by atoms with Crippen LogP contribution in [0, 0.1) is 0 Å². The van der Waals surface area contributed by atoms with Crippen molar-refractivity contribution < 1.29 is 8.42 Å². The van der Waals surface area contributed by atoms with Crippen molar-refractivity contribution in [3.05, 3.63) is 46.2 Å². The van der Waals surface area contributed by atoms with Crippen LogP contribution in [0.2, 0.25) is 10.0 Å². The highest BCUT2D eigenvalue weighted by atomic mass is 35.5. The molecule has 0 atom stereocenters. The zero-order valence-corrected chi connectivity index (χ0v) is 13.3. The predicted octanol–water partition coefficient (Wildman–Crippen LogP) is 2.30. The number of hydrogen-bond acceptors (Lipinski definition) is 5. The summed E-state index contributed by atoms with van der Waals surface area (Å²) < 4.78 is 27.0. The second-order valence-corrected chi connectivity index (χ2v) is 6.55. The van der Waals surface area contributed by atoms with E-state index in [0.29, 0.717) is 17.1 Å². The Morgan fingerprint density at radius 2 is 1.81 bits per heavy atom. The number of nitrogens with zero attached hydrogens (tertiary/aromatic N) is 2. The molecule has 0 amide bonds. The lowest BCUT2D eigenvalue weighted by molar-refractivity contribution is 0.600. The third-order valence-electron chi connectivity index (χ3n) is 2.55. The third kappa shape index (κ3) is 3.82. The second kappa shape index (κ2) is 6.57. The Morgan fingerprint density at radius 3 is 2.43 bits per heavy atom. The molecule has 2 N–H and O–H groups in total. The molecule has 9 heteroatoms. The molecule has 112 valence electrons. The molecule has 0 aliphatic carbocycles. The van der Waals surface area contributed by atoms with Gasteiger partial charge in [-0.3, -0.25) is 0 Å². The van der Waals surface area contributed by atoms with Crippen LogP contribution in [-0.4, -0.2) is 25.4 Å². The molecule has 0 saturated heterocycles. The molecule has 1 heterocycles. The smallest absolute Gasteiger partial charge is 0.265 e. The fraction of sp³-hybridized carbons (Fsp3) is 0.167. The summed E-state index contributed by atoms with van der Waals surface area (Å²) in [7, 11) is -2.16. The molecule has 0 aliphatic heterocycles. The number of rotatable bonds is 5. The molecule has 0 unspecified atom stereocenters. The summed E-state index contributed by atoms with van der Waals surface area (Å²) in [6, 6.07) is 4.40. The average Bonchev–Trinajstić information content (AvgIpc) is 2.42. The largest absolute Gasteiger partial charge is 0.316 e. The van der Waals surface area contributed by atoms with Crippen LogP contribution in [0.5, 0.6) is 0 Å². The van der Waals surface area contributed by atoms with Gasteiger partial charge in [0.1, 0.15) is 4.90 Å². The molecule has 0 aliphatic rings. The fourth-order valence-electron chi connectivity index (χ4n) is 1.63. The van der Waals surface area contributed by atoms with Crippen molar-refractivity contribution in [2.24, 2.45) is 0 Å². The van der Waals surface area contributed by atoms with Gasteiger partial charge in [0, 0.05) is 24.0 Å². The first-order valence-electron chi connectivity index (χ1n) is 5.86. The van der Waals surface area contributed by atoms with E-state index in [0.717, 1.165) is 0 Å². The minimum absolute atomic E-state index is 0.0290. The van der Waals surface area contributed by atoms with Gasteiger partial charge in [0.2, 0.25) is 5.95 Å². The van der Waals surface area contributed by atoms with Gasteiger partial charge in [-0.1, -0.05) is 23.2 Å². The number of sulfonamides is 1. The Morgan fingerprint density at radius 1 is 1.14 bits per heavy atom. The Bertz CT molecular complexity index is 738. The summed E-state index contributed by atoms with van der Waals surface area (Å²) in [5.41, 5.74) is 0.623. The number of anilines is 1. The van der Waals surface area contributed by atoms with E-state index in [1.165, 1.54) is 24.5 Å². The zero-order chi connectivity index (χ0) is 15.5. The van der Waals surface area contributed by atoms with Crippen molar-refractivity contribution in [1.82, 2.24) is 15.3 Å². The third-order valence-corrected chi connectivity index (χ3v) is 4.69. The van der Waals surface area contributed by atoms with Gasteiger partial charge in [-0.25, -0.2) is 23.1 Å². The van der Waals surface area contributed by atoms with Crippen molar-refractivity contribution in [1.29, 1.82) is 0 Å². The van der Waals surface area contributed by atoms with E-state index >= 15 is 0 Å². The highest BCUT2D eigenvalue weighted by Gasteiger charge is 2.21. The summed E-state index contributed by atoms with van der Waals surface area (Å²) in [6.07, 6.45) is 2.86. The molecule has 2 aromatic rings. The van der Waals surface area contributed by atoms with E-state index < -0.39 is 10.0 Å². The van der Waals surface area contributed by atoms with E-state index in [4.69, 9.17) is 23.2 Å². The van der Waals surface area contributed by atoms with Gasteiger partial charge in [0.05, 0.1) is 5.02 Å². The Hall–Kier alpha value is -1.41. The van der Waals surface area contributed by atoms with E-state index in [2.05, 4.69) is 20.0 Å². The van der Waals surface area contributed by atoms with Gasteiger partial charge in [-0.05, 0) is 30.8 Å². The van der Waals surface area contributed by atoms with E-state index in [-0.39, 0.29) is 15.9 Å². The van der Waals surface area contributed by atoms with Crippen LogP contribution in [0.4, 0.5) is 5.95 Å². The van der Waals surface area contributed by atoms with E-state index in [9.17, 15) is 8.42 Å². The predicted molar refractivity (Wildman–Crippen MR) is 82.1 cm³/mol. The highest BCUT2D eigenvalue weighted by molar-refractivity contribution is 7.92. The monoisotopic (exact) mass is 346 g/mol. The molecule has 1 aromatic carbocycles. The summed E-state index contributed by atoms with van der Waals surface area (Å²) in [6.45, 7) is 0.417. The zero-order valence-electron chi connectivity index (χ0n) is 11.0. The first kappa shape index (κ1) is 16.0. The van der Waals surface area contributed by atoms with Crippen LogP contribution in [0.3, 0.4) is 0 Å². The maximum atomic E-state index is 12.4. The van der Waals surface area contributed by atoms with E-state index in [1.54, 1.807) is 13.1 Å². The Kier molecular flexibility index (Phi) is 5.00. The molecular weight excluding hydrogens is 335 g/mol. The lowest BCUT2D eigenvalue weighted by Gasteiger charge is -2.11. The van der Waals surface area contributed by atoms with Crippen LogP contribution in [-0.2, 0) is 16.6 Å². The van der Waals surface area contributed by atoms with Gasteiger partial charge in [0.15, 0.2) is 0 Å². The second-order valence-electron chi connectivity index (χ2n) is 4.08. The van der Waals surface area contributed by atoms with Crippen LogP contribution >= 0.6 is 23.2 Å². The van der Waals surface area contributed by atoms with Crippen molar-refractivity contribution in [2.75, 3.05) is 11.8 Å². The number of nitrogens with one attached hydrogen (secondary N) is 2. The molecular formula is C12H12Cl2N4O2S. The quantitative estimate of drug-likeness (QED) is 0.867. The van der Waals surface area contributed by atoms with Crippen LogP contribution in [0.25, 0.3) is 0 Å². The minimum Gasteiger partial charge on any atom is -0.316 e. The number of halogens is 2. The Labute approximate surface area is 132 Å². The van der Waals surface area contributed by atoms with Crippen LogP contribution in [0.1, 0.15) is 5.56 Å². The maximum absolute atomic E-state index is 12.4. The molecule has 0 spiro atoms. The van der Waals surface area contributed by atoms with Gasteiger partial charge in [-0.2, -0.15) is 0 Å². The average molecular weight is 347 g/mol. The van der Waals surface area contributed by atoms with Gasteiger partial charge in [0.25, 0.3) is 10.0 Å². The highest BCUT2D eigenvalue weighted by Crippen LogP contribution is 2.29. The number of aromatic nitrogens is 2. The number of hydrogen-bond donors (Lipinski definition) is 2. The minimum atomic E-state index is -3.89. The Balaban J connectivity index is 2.42. The lowest BCUT2D eigenvalue weighted by atomic mass is 10.2. The van der Waals surface area contributed by atoms with Gasteiger partial charge < -0.3 is 5.32 Å². The molecule has 0 radical (unpaired) electrons. The normalized spacial score (nSPS) is 11.4. The van der Waals surface area contributed by atoms with Crippen molar-refractivity contribution in [3.8, 4) is 0 Å². The summed E-state index contributed by atoms with van der Waals surface area (Å²) in [5.74, 6) is -0.0290. The van der Waals surface area contributed by atoms with E-state index in [1.807, 2.05) is 0 Å². The first-order valence-corrected chi connectivity index (χ1v) is 8.10. The SMILES string of the molecule is CNCc1cc(S(=O)(=O)Nc2ncccn2)c(Cl)cc1Cl. The summed E-state index contributed by atoms with van der Waals surface area (Å²) in [4.78, 5) is 7.55. The standard InChI is InChI=1S/C12H12Cl2N4O2S/c1-15-7-8-5-11(10(14)6-9(8)13)21(19,20)18-12-16-3-2-4-17-12/h2-6,15H,7H2,1H3,(H,16,17,18). The molecule has 6 nitrogen and oxygen atoms in total. The van der Waals surface area contributed by atoms with Crippen molar-refractivity contribution in [3.63, 3.8) is 0 Å². The van der Waals surface area contributed by atoms with Gasteiger partial charge in [-0.15, -0.1) is 0 Å². The molecule has 1 aromatic heterocycles. The number of benzene rings is 1. The molecule has 0 bridgehead atoms. The molecule has 2 rings (SSSR count). The van der Waals surface area contributed by atoms with Crippen molar-refractivity contribution in [2.45, 2.75) is 11.4 Å². The van der Waals surface area contributed by atoms with Crippen LogP contribution in [0.15, 0.2) is 35.5 Å². The van der Waals surface area contributed by atoms with Crippen molar-refractivity contribution >= 4 is 39.2 Å². The van der Waals surface area contributed by atoms with Gasteiger partial charge >= 0.3 is 0 Å². The lowest BCUT2D eigenvalue weighted by Crippen LogP contribution is -2.16. The molecule has 0 saturated carbocycles. The molecule has 21 heavy (non-hydrogen) atoms. The fourth-order valence-corrected chi connectivity index (χ4v) is 3.45.